The van der Waals surface area contributed by atoms with Crippen molar-refractivity contribution in [2.45, 2.75) is 25.2 Å². The van der Waals surface area contributed by atoms with Crippen LogP contribution in [0.4, 0.5) is 0 Å². The highest BCUT2D eigenvalue weighted by Crippen LogP contribution is 2.27. The Morgan fingerprint density at radius 3 is 2.90 bits per heavy atom. The van der Waals surface area contributed by atoms with Crippen molar-refractivity contribution in [1.29, 1.82) is 0 Å². The Bertz CT molecular complexity index is 581. The van der Waals surface area contributed by atoms with Gasteiger partial charge in [-0.2, -0.15) is 5.10 Å². The van der Waals surface area contributed by atoms with E-state index < -0.39 is 0 Å². The maximum absolute atomic E-state index is 12.2. The molecule has 20 heavy (non-hydrogen) atoms. The minimum absolute atomic E-state index is 0.00867. The maximum atomic E-state index is 12.2. The molecule has 1 atom stereocenters. The monoisotopic (exact) mass is 296 g/mol. The molecular weight excluding hydrogens is 280 g/mol. The first-order chi connectivity index (χ1) is 9.63. The molecule has 7 nitrogen and oxygen atoms in total. The van der Waals surface area contributed by atoms with Crippen molar-refractivity contribution in [2.24, 2.45) is 0 Å². The Morgan fingerprint density at radius 2 is 2.25 bits per heavy atom. The molecule has 1 aromatic heterocycles. The SMILES string of the molecule is O=C1CCCN1CC(=O)N1CC[C@@H](c2n[nH]c(=O)s2)C1. The topological polar surface area (TPSA) is 86.4 Å². The number of nitrogens with one attached hydrogen (secondary N) is 1. The minimum Gasteiger partial charge on any atom is -0.340 e. The number of aromatic amines is 1. The molecule has 3 rings (SSSR count). The number of amides is 2. The van der Waals surface area contributed by atoms with Gasteiger partial charge in [0.25, 0.3) is 0 Å². The maximum Gasteiger partial charge on any atom is 0.322 e. The van der Waals surface area contributed by atoms with Crippen molar-refractivity contribution in [3.63, 3.8) is 0 Å². The lowest BCUT2D eigenvalue weighted by molar-refractivity contribution is -0.137. The third-order valence-electron chi connectivity index (χ3n) is 3.84. The van der Waals surface area contributed by atoms with Gasteiger partial charge in [0.05, 0.1) is 6.54 Å². The van der Waals surface area contributed by atoms with Gasteiger partial charge in [-0.3, -0.25) is 14.4 Å². The predicted octanol–water partition coefficient (Wildman–Crippen LogP) is -0.230. The third kappa shape index (κ3) is 2.60. The molecule has 0 aromatic carbocycles. The standard InChI is InChI=1S/C12H16N4O3S/c17-9-2-1-4-15(9)7-10(18)16-5-3-8(6-16)11-13-14-12(19)20-11/h8H,1-7H2,(H,14,19)/t8-/m1/s1. The molecule has 3 heterocycles. The summed E-state index contributed by atoms with van der Waals surface area (Å²) in [6.07, 6.45) is 2.22. The molecule has 2 amide bonds. The molecule has 0 radical (unpaired) electrons. The normalized spacial score (nSPS) is 22.8. The zero-order chi connectivity index (χ0) is 14.1. The number of rotatable bonds is 3. The van der Waals surface area contributed by atoms with Crippen LogP contribution in [0.15, 0.2) is 4.79 Å². The Hall–Kier alpha value is -1.70. The Morgan fingerprint density at radius 1 is 1.40 bits per heavy atom. The molecule has 2 fully saturated rings. The van der Waals surface area contributed by atoms with E-state index in [2.05, 4.69) is 10.2 Å². The average molecular weight is 296 g/mol. The number of hydrogen-bond donors (Lipinski definition) is 1. The van der Waals surface area contributed by atoms with E-state index in [1.54, 1.807) is 9.80 Å². The summed E-state index contributed by atoms with van der Waals surface area (Å²) in [4.78, 5) is 38.0. The Labute approximate surface area is 119 Å². The Balaban J connectivity index is 1.58. The molecule has 0 unspecified atom stereocenters. The zero-order valence-electron chi connectivity index (χ0n) is 11.0. The van der Waals surface area contributed by atoms with Gasteiger partial charge in [0.2, 0.25) is 11.8 Å². The van der Waals surface area contributed by atoms with Crippen molar-refractivity contribution in [2.75, 3.05) is 26.2 Å². The van der Waals surface area contributed by atoms with E-state index in [9.17, 15) is 14.4 Å². The number of H-pyrrole nitrogens is 1. The van der Waals surface area contributed by atoms with Crippen LogP contribution in [0.5, 0.6) is 0 Å². The quantitative estimate of drug-likeness (QED) is 0.835. The van der Waals surface area contributed by atoms with E-state index in [1.807, 2.05) is 0 Å². The average Bonchev–Trinajstić information content (AvgIpc) is 3.11. The van der Waals surface area contributed by atoms with Crippen molar-refractivity contribution in [3.05, 3.63) is 14.7 Å². The van der Waals surface area contributed by atoms with Crippen LogP contribution in [0.2, 0.25) is 0 Å². The molecule has 2 aliphatic heterocycles. The summed E-state index contributed by atoms with van der Waals surface area (Å²) in [5.41, 5.74) is 0. The lowest BCUT2D eigenvalue weighted by Gasteiger charge is -2.21. The van der Waals surface area contributed by atoms with Crippen LogP contribution in [0, 0.1) is 0 Å². The summed E-state index contributed by atoms with van der Waals surface area (Å²) in [6.45, 7) is 2.12. The summed E-state index contributed by atoms with van der Waals surface area (Å²) >= 11 is 1.11. The number of carbonyl (C=O) groups excluding carboxylic acids is 2. The molecule has 0 aliphatic carbocycles. The van der Waals surface area contributed by atoms with Gasteiger partial charge in [-0.25, -0.2) is 5.10 Å². The first-order valence-electron chi connectivity index (χ1n) is 6.74. The van der Waals surface area contributed by atoms with Crippen molar-refractivity contribution in [1.82, 2.24) is 20.0 Å². The number of nitrogens with zero attached hydrogens (tertiary/aromatic N) is 3. The largest absolute Gasteiger partial charge is 0.340 e. The summed E-state index contributed by atoms with van der Waals surface area (Å²) in [7, 11) is 0. The van der Waals surface area contributed by atoms with Gasteiger partial charge in [-0.1, -0.05) is 11.3 Å². The molecule has 8 heteroatoms. The number of carbonyl (C=O) groups is 2. The van der Waals surface area contributed by atoms with Crippen LogP contribution in [0.1, 0.15) is 30.2 Å². The molecule has 2 saturated heterocycles. The van der Waals surface area contributed by atoms with Gasteiger partial charge in [-0.15, -0.1) is 0 Å². The fourth-order valence-corrected chi connectivity index (χ4v) is 3.47. The Kier molecular flexibility index (Phi) is 3.56. The summed E-state index contributed by atoms with van der Waals surface area (Å²) < 4.78 is 0. The van der Waals surface area contributed by atoms with E-state index in [0.717, 1.165) is 29.2 Å². The number of aromatic nitrogens is 2. The fourth-order valence-electron chi connectivity index (χ4n) is 2.74. The van der Waals surface area contributed by atoms with Crippen LogP contribution >= 0.6 is 11.3 Å². The van der Waals surface area contributed by atoms with Gasteiger partial charge >= 0.3 is 4.87 Å². The fraction of sp³-hybridized carbons (Fsp3) is 0.667. The number of likely N-dealkylation sites (tertiary alicyclic amines) is 2. The molecule has 0 spiro atoms. The first kappa shape index (κ1) is 13.3. The van der Waals surface area contributed by atoms with Crippen LogP contribution in [0.25, 0.3) is 0 Å². The third-order valence-corrected chi connectivity index (χ3v) is 4.75. The van der Waals surface area contributed by atoms with Crippen molar-refractivity contribution in [3.8, 4) is 0 Å². The van der Waals surface area contributed by atoms with Gasteiger partial charge in [0, 0.05) is 32.0 Å². The highest BCUT2D eigenvalue weighted by molar-refractivity contribution is 7.08. The van der Waals surface area contributed by atoms with E-state index in [-0.39, 0.29) is 29.1 Å². The summed E-state index contributed by atoms with van der Waals surface area (Å²) in [5.74, 6) is 0.197. The molecule has 1 N–H and O–H groups in total. The summed E-state index contributed by atoms with van der Waals surface area (Å²) in [5, 5.41) is 7.16. The zero-order valence-corrected chi connectivity index (χ0v) is 11.8. The van der Waals surface area contributed by atoms with Crippen molar-refractivity contribution >= 4 is 23.2 Å². The van der Waals surface area contributed by atoms with Crippen LogP contribution < -0.4 is 4.87 Å². The van der Waals surface area contributed by atoms with E-state index in [1.165, 1.54) is 0 Å². The second-order valence-electron chi connectivity index (χ2n) is 5.20. The van der Waals surface area contributed by atoms with E-state index in [0.29, 0.717) is 26.1 Å². The highest BCUT2D eigenvalue weighted by atomic mass is 32.1. The van der Waals surface area contributed by atoms with Crippen LogP contribution in [-0.2, 0) is 9.59 Å². The van der Waals surface area contributed by atoms with Gasteiger partial charge in [0.1, 0.15) is 5.01 Å². The minimum atomic E-state index is -0.160. The molecule has 2 aliphatic rings. The number of hydrogen-bond acceptors (Lipinski definition) is 5. The van der Waals surface area contributed by atoms with E-state index >= 15 is 0 Å². The smallest absolute Gasteiger partial charge is 0.322 e. The second-order valence-corrected chi connectivity index (χ2v) is 6.19. The lowest BCUT2D eigenvalue weighted by atomic mass is 10.1. The summed E-state index contributed by atoms with van der Waals surface area (Å²) in [6, 6.07) is 0. The predicted molar refractivity (Wildman–Crippen MR) is 72.5 cm³/mol. The molecule has 1 aromatic rings. The first-order valence-corrected chi connectivity index (χ1v) is 7.56. The lowest BCUT2D eigenvalue weighted by Crippen LogP contribution is -2.39. The molecular formula is C12H16N4O3S. The van der Waals surface area contributed by atoms with Crippen molar-refractivity contribution < 1.29 is 9.59 Å². The highest BCUT2D eigenvalue weighted by Gasteiger charge is 2.31. The van der Waals surface area contributed by atoms with Crippen LogP contribution in [-0.4, -0.2) is 58.0 Å². The van der Waals surface area contributed by atoms with E-state index in [4.69, 9.17) is 0 Å². The molecule has 0 saturated carbocycles. The molecule has 108 valence electrons. The van der Waals surface area contributed by atoms with Gasteiger partial charge < -0.3 is 9.80 Å². The molecule has 0 bridgehead atoms. The van der Waals surface area contributed by atoms with Gasteiger partial charge in [-0.05, 0) is 12.8 Å². The van der Waals surface area contributed by atoms with Crippen LogP contribution in [0.3, 0.4) is 0 Å². The van der Waals surface area contributed by atoms with Gasteiger partial charge in [0.15, 0.2) is 0 Å². The second kappa shape index (κ2) is 5.35.